The van der Waals surface area contributed by atoms with E-state index in [1.54, 1.807) is 6.07 Å². The molecule has 3 rings (SSSR count). The van der Waals surface area contributed by atoms with Gasteiger partial charge in [0.15, 0.2) is 0 Å². The molecule has 0 unspecified atom stereocenters. The monoisotopic (exact) mass is 277 g/mol. The van der Waals surface area contributed by atoms with Crippen LogP contribution >= 0.6 is 0 Å². The highest BCUT2D eigenvalue weighted by atomic mass is 15.2. The Balaban J connectivity index is 1.88. The van der Waals surface area contributed by atoms with Crippen molar-refractivity contribution in [3.63, 3.8) is 0 Å². The summed E-state index contributed by atoms with van der Waals surface area (Å²) >= 11 is 0. The summed E-state index contributed by atoms with van der Waals surface area (Å²) in [5.41, 5.74) is 4.43. The standard InChI is InChI=1S/C18H19N3/c1-13-6-7-15(10-14(13)2)12-21(17-8-9-17)18-5-3-4-16(11-19)20-18/h3-7,10,17H,8-9,12H2,1-2H3. The van der Waals surface area contributed by atoms with Crippen molar-refractivity contribution >= 4 is 5.82 Å². The first-order valence-corrected chi connectivity index (χ1v) is 7.37. The summed E-state index contributed by atoms with van der Waals surface area (Å²) in [6, 6.07) is 15.0. The molecule has 0 amide bonds. The molecule has 21 heavy (non-hydrogen) atoms. The van der Waals surface area contributed by atoms with E-state index in [0.717, 1.165) is 12.4 Å². The van der Waals surface area contributed by atoms with Gasteiger partial charge < -0.3 is 4.90 Å². The molecule has 1 aromatic heterocycles. The van der Waals surface area contributed by atoms with Gasteiger partial charge in [-0.15, -0.1) is 0 Å². The first-order chi connectivity index (χ1) is 10.2. The number of benzene rings is 1. The molecular formula is C18H19N3. The summed E-state index contributed by atoms with van der Waals surface area (Å²) in [7, 11) is 0. The van der Waals surface area contributed by atoms with Crippen LogP contribution in [-0.4, -0.2) is 11.0 Å². The van der Waals surface area contributed by atoms with Crippen LogP contribution in [0.3, 0.4) is 0 Å². The van der Waals surface area contributed by atoms with Crippen LogP contribution in [0.15, 0.2) is 36.4 Å². The van der Waals surface area contributed by atoms with Crippen molar-refractivity contribution in [2.24, 2.45) is 0 Å². The zero-order valence-corrected chi connectivity index (χ0v) is 12.5. The molecule has 2 aromatic rings. The molecule has 0 aliphatic heterocycles. The number of aromatic nitrogens is 1. The molecule has 1 heterocycles. The predicted octanol–water partition coefficient (Wildman–Crippen LogP) is 3.74. The van der Waals surface area contributed by atoms with Crippen molar-refractivity contribution in [2.75, 3.05) is 4.90 Å². The van der Waals surface area contributed by atoms with E-state index in [-0.39, 0.29) is 0 Å². The van der Waals surface area contributed by atoms with Crippen molar-refractivity contribution in [1.82, 2.24) is 4.98 Å². The molecule has 0 atom stereocenters. The lowest BCUT2D eigenvalue weighted by Gasteiger charge is -2.24. The quantitative estimate of drug-likeness (QED) is 0.854. The molecule has 0 spiro atoms. The Bertz CT molecular complexity index is 696. The third kappa shape index (κ3) is 3.05. The summed E-state index contributed by atoms with van der Waals surface area (Å²) < 4.78 is 0. The van der Waals surface area contributed by atoms with Crippen molar-refractivity contribution in [2.45, 2.75) is 39.3 Å². The highest BCUT2D eigenvalue weighted by Gasteiger charge is 2.30. The number of pyridine rings is 1. The SMILES string of the molecule is Cc1ccc(CN(c2cccc(C#N)n2)C2CC2)cc1C. The van der Waals surface area contributed by atoms with Gasteiger partial charge in [0.25, 0.3) is 0 Å². The molecule has 3 nitrogen and oxygen atoms in total. The number of aryl methyl sites for hydroxylation is 2. The topological polar surface area (TPSA) is 39.9 Å². The first kappa shape index (κ1) is 13.6. The summed E-state index contributed by atoms with van der Waals surface area (Å²) in [5, 5.41) is 9.02. The lowest BCUT2D eigenvalue weighted by atomic mass is 10.1. The fourth-order valence-electron chi connectivity index (χ4n) is 2.53. The summed E-state index contributed by atoms with van der Waals surface area (Å²) in [5.74, 6) is 0.912. The van der Waals surface area contributed by atoms with Crippen LogP contribution in [-0.2, 0) is 6.54 Å². The Kier molecular flexibility index (Phi) is 3.62. The molecule has 106 valence electrons. The second-order valence-electron chi connectivity index (χ2n) is 5.77. The van der Waals surface area contributed by atoms with Gasteiger partial charge in [-0.25, -0.2) is 4.98 Å². The van der Waals surface area contributed by atoms with E-state index in [9.17, 15) is 0 Å². The molecule has 1 fully saturated rings. The number of hydrogen-bond acceptors (Lipinski definition) is 3. The van der Waals surface area contributed by atoms with Gasteiger partial charge in [-0.05, 0) is 55.5 Å². The van der Waals surface area contributed by atoms with Crippen molar-refractivity contribution < 1.29 is 0 Å². The molecule has 0 bridgehead atoms. The van der Waals surface area contributed by atoms with Crippen molar-refractivity contribution in [3.05, 3.63) is 58.8 Å². The maximum atomic E-state index is 9.02. The van der Waals surface area contributed by atoms with Gasteiger partial charge >= 0.3 is 0 Å². The summed E-state index contributed by atoms with van der Waals surface area (Å²) in [6.07, 6.45) is 2.42. The lowest BCUT2D eigenvalue weighted by Crippen LogP contribution is -2.26. The third-order valence-electron chi connectivity index (χ3n) is 4.06. The van der Waals surface area contributed by atoms with Crippen LogP contribution in [0.1, 0.15) is 35.2 Å². The predicted molar refractivity (Wildman–Crippen MR) is 84.1 cm³/mol. The molecular weight excluding hydrogens is 258 g/mol. The molecule has 0 radical (unpaired) electrons. The molecule has 1 aromatic carbocycles. The van der Waals surface area contributed by atoms with Crippen LogP contribution in [0, 0.1) is 25.2 Å². The van der Waals surface area contributed by atoms with E-state index < -0.39 is 0 Å². The minimum absolute atomic E-state index is 0.484. The second-order valence-corrected chi connectivity index (χ2v) is 5.77. The molecule has 1 saturated carbocycles. The highest BCUT2D eigenvalue weighted by molar-refractivity contribution is 5.45. The number of nitriles is 1. The van der Waals surface area contributed by atoms with Gasteiger partial charge in [0, 0.05) is 12.6 Å². The Morgan fingerprint density at radius 1 is 1.19 bits per heavy atom. The minimum atomic E-state index is 0.484. The maximum Gasteiger partial charge on any atom is 0.142 e. The van der Waals surface area contributed by atoms with E-state index in [2.05, 4.69) is 48.0 Å². The van der Waals surface area contributed by atoms with Gasteiger partial charge in [-0.1, -0.05) is 24.3 Å². The lowest BCUT2D eigenvalue weighted by molar-refractivity contribution is 0.776. The summed E-state index contributed by atoms with van der Waals surface area (Å²) in [4.78, 5) is 6.78. The van der Waals surface area contributed by atoms with E-state index in [4.69, 9.17) is 5.26 Å². The Hall–Kier alpha value is -2.34. The van der Waals surface area contributed by atoms with E-state index in [1.165, 1.54) is 29.5 Å². The molecule has 1 aliphatic rings. The fraction of sp³-hybridized carbons (Fsp3) is 0.333. The van der Waals surface area contributed by atoms with Gasteiger partial charge in [-0.2, -0.15) is 5.26 Å². The van der Waals surface area contributed by atoms with Crippen molar-refractivity contribution in [1.29, 1.82) is 5.26 Å². The Labute approximate surface area is 125 Å². The van der Waals surface area contributed by atoms with Gasteiger partial charge in [-0.3, -0.25) is 0 Å². The molecule has 0 N–H and O–H groups in total. The normalized spacial score (nSPS) is 13.8. The number of anilines is 1. The van der Waals surface area contributed by atoms with Gasteiger partial charge in [0.05, 0.1) is 0 Å². The minimum Gasteiger partial charge on any atom is -0.349 e. The Morgan fingerprint density at radius 3 is 2.67 bits per heavy atom. The van der Waals surface area contributed by atoms with Crippen LogP contribution in [0.25, 0.3) is 0 Å². The first-order valence-electron chi connectivity index (χ1n) is 7.37. The fourth-order valence-corrected chi connectivity index (χ4v) is 2.53. The third-order valence-corrected chi connectivity index (χ3v) is 4.06. The van der Waals surface area contributed by atoms with Gasteiger partial charge in [0.2, 0.25) is 0 Å². The van der Waals surface area contributed by atoms with Crippen LogP contribution < -0.4 is 4.90 Å². The average Bonchev–Trinajstić information content (AvgIpc) is 3.33. The van der Waals surface area contributed by atoms with E-state index in [1.807, 2.05) is 12.1 Å². The number of rotatable bonds is 4. The highest BCUT2D eigenvalue weighted by Crippen LogP contribution is 2.32. The number of hydrogen-bond donors (Lipinski definition) is 0. The maximum absolute atomic E-state index is 9.02. The van der Waals surface area contributed by atoms with Crippen molar-refractivity contribution in [3.8, 4) is 6.07 Å². The smallest absolute Gasteiger partial charge is 0.142 e. The van der Waals surface area contributed by atoms with E-state index >= 15 is 0 Å². The second kappa shape index (κ2) is 5.57. The van der Waals surface area contributed by atoms with Crippen LogP contribution in [0.2, 0.25) is 0 Å². The Morgan fingerprint density at radius 2 is 2.00 bits per heavy atom. The molecule has 0 saturated heterocycles. The van der Waals surface area contributed by atoms with Gasteiger partial charge in [0.1, 0.15) is 17.6 Å². The van der Waals surface area contributed by atoms with Crippen LogP contribution in [0.4, 0.5) is 5.82 Å². The van der Waals surface area contributed by atoms with E-state index in [0.29, 0.717) is 11.7 Å². The molecule has 1 aliphatic carbocycles. The van der Waals surface area contributed by atoms with Crippen LogP contribution in [0.5, 0.6) is 0 Å². The largest absolute Gasteiger partial charge is 0.349 e. The zero-order valence-electron chi connectivity index (χ0n) is 12.5. The molecule has 3 heteroatoms. The number of nitrogens with zero attached hydrogens (tertiary/aromatic N) is 3. The summed E-state index contributed by atoms with van der Waals surface area (Å²) in [6.45, 7) is 5.14. The zero-order chi connectivity index (χ0) is 14.8. The average molecular weight is 277 g/mol.